The molecule has 5 N–H and O–H groups in total. The highest BCUT2D eigenvalue weighted by molar-refractivity contribution is 7.54. The van der Waals surface area contributed by atoms with Gasteiger partial charge in [0.25, 0.3) is 0 Å². The third kappa shape index (κ3) is 15.8. The Morgan fingerprint density at radius 3 is 1.96 bits per heavy atom. The maximum Gasteiger partial charge on any atom is 0.572 e. The van der Waals surface area contributed by atoms with Crippen molar-refractivity contribution in [2.45, 2.75) is 105 Å². The number of rotatable bonds is 22. The van der Waals surface area contributed by atoms with E-state index in [4.69, 9.17) is 18.5 Å². The molecule has 0 bridgehead atoms. The minimum absolute atomic E-state index is 0.0368. The molecule has 2 heterocycles. The molecule has 4 aromatic rings. The number of carbonyl (C=O) groups excluding carboxylic acids is 4. The number of hydrogen-bond donors (Lipinski definition) is 5. The van der Waals surface area contributed by atoms with Crippen molar-refractivity contribution in [3.63, 3.8) is 0 Å². The fourth-order valence-electron chi connectivity index (χ4n) is 8.18. The van der Waals surface area contributed by atoms with Crippen LogP contribution in [0.3, 0.4) is 0 Å². The monoisotopic (exact) mass is 943 g/mol. The molecule has 3 aromatic carbocycles. The fraction of sp³-hybridized carbons (Fsp3) is 0.460. The summed E-state index contributed by atoms with van der Waals surface area (Å²) >= 11 is 0. The van der Waals surface area contributed by atoms with Crippen molar-refractivity contribution in [3.8, 4) is 11.3 Å². The van der Waals surface area contributed by atoms with Gasteiger partial charge >= 0.3 is 20.3 Å². The molecule has 67 heavy (non-hydrogen) atoms. The number of amides is 5. The van der Waals surface area contributed by atoms with E-state index in [0.29, 0.717) is 19.6 Å². The Bertz CT molecular complexity index is 2190. The van der Waals surface area contributed by atoms with E-state index in [1.54, 1.807) is 22.9 Å². The zero-order valence-corrected chi connectivity index (χ0v) is 40.8. The zero-order valence-electron chi connectivity index (χ0n) is 39.9. The van der Waals surface area contributed by atoms with Crippen molar-refractivity contribution < 1.29 is 47.5 Å². The lowest BCUT2D eigenvalue weighted by Gasteiger charge is -2.39. The average molecular weight is 944 g/mol. The normalized spacial score (nSPS) is 15.6. The van der Waals surface area contributed by atoms with Gasteiger partial charge in [-0.2, -0.15) is 14.3 Å². The molecule has 1 aliphatic heterocycles. The quantitative estimate of drug-likeness (QED) is 0.0399. The standard InChI is InChI=1S/C50H67N6O10P/c1-9-65-67(61,62)66-34-64-42(32-39(52-45(57)43(49(2,3)4)54-47(59)63-8)30-36-23-25-38(26-24-36)40-22-16-17-27-51-40)41(31-35-18-12-10-13-19-35)53-46(58)44(50(5,6)7)56-29-28-55(48(56)60)33-37-20-14-11-15-21-37/h10-27,39,41-44,61-62H,9,28-34H2,1-8H3,(H2-,52,53,54,57,58,59)/p+1/t39-,41-,42-,43+,44+/m0/s1. The van der Waals surface area contributed by atoms with Crippen molar-refractivity contribution in [2.24, 2.45) is 10.8 Å². The molecule has 362 valence electrons. The second-order valence-electron chi connectivity index (χ2n) is 18.8. The lowest BCUT2D eigenvalue weighted by atomic mass is 9.84. The Hall–Kier alpha value is -5.48. The Balaban J connectivity index is 1.54. The molecular weight excluding hydrogens is 876 g/mol. The van der Waals surface area contributed by atoms with Crippen LogP contribution >= 0.6 is 8.17 Å². The lowest BCUT2D eigenvalue weighted by Crippen LogP contribution is -2.59. The zero-order chi connectivity index (χ0) is 48.8. The first-order valence-corrected chi connectivity index (χ1v) is 24.1. The van der Waals surface area contributed by atoms with Gasteiger partial charge in [-0.05, 0) is 65.8 Å². The molecule has 16 nitrogen and oxygen atoms in total. The van der Waals surface area contributed by atoms with Crippen LogP contribution in [0.4, 0.5) is 9.59 Å². The summed E-state index contributed by atoms with van der Waals surface area (Å²) in [6.45, 7) is 13.3. The van der Waals surface area contributed by atoms with Crippen LogP contribution in [0, 0.1) is 10.8 Å². The highest BCUT2D eigenvalue weighted by Crippen LogP contribution is 2.52. The van der Waals surface area contributed by atoms with Gasteiger partial charge in [0.15, 0.2) is 6.79 Å². The van der Waals surface area contributed by atoms with E-state index >= 15 is 4.79 Å². The Morgan fingerprint density at radius 1 is 0.746 bits per heavy atom. The number of pyridine rings is 1. The largest absolute Gasteiger partial charge is 0.572 e. The molecule has 5 rings (SSSR count). The van der Waals surface area contributed by atoms with E-state index in [0.717, 1.165) is 27.9 Å². The van der Waals surface area contributed by atoms with Crippen LogP contribution in [0.15, 0.2) is 109 Å². The maximum absolute atomic E-state index is 15.0. The van der Waals surface area contributed by atoms with Crippen LogP contribution in [0.25, 0.3) is 11.3 Å². The van der Waals surface area contributed by atoms with E-state index in [-0.39, 0.29) is 31.9 Å². The fourth-order valence-corrected chi connectivity index (χ4v) is 8.79. The van der Waals surface area contributed by atoms with E-state index in [9.17, 15) is 24.2 Å². The van der Waals surface area contributed by atoms with Gasteiger partial charge in [-0.15, -0.1) is 4.52 Å². The van der Waals surface area contributed by atoms with Crippen LogP contribution in [-0.4, -0.2) is 112 Å². The van der Waals surface area contributed by atoms with Crippen molar-refractivity contribution in [1.82, 2.24) is 30.7 Å². The summed E-state index contributed by atoms with van der Waals surface area (Å²) in [5.74, 6) is -0.904. The van der Waals surface area contributed by atoms with Gasteiger partial charge in [0.2, 0.25) is 11.8 Å². The summed E-state index contributed by atoms with van der Waals surface area (Å²) in [4.78, 5) is 85.0. The van der Waals surface area contributed by atoms with Gasteiger partial charge < -0.3 is 35.2 Å². The van der Waals surface area contributed by atoms with Crippen LogP contribution in [0.1, 0.15) is 71.6 Å². The number of methoxy groups -OCH3 is 1. The highest BCUT2D eigenvalue weighted by atomic mass is 31.2. The molecule has 1 fully saturated rings. The molecule has 1 aromatic heterocycles. The second kappa shape index (κ2) is 24.0. The summed E-state index contributed by atoms with van der Waals surface area (Å²) in [7, 11) is -3.07. The van der Waals surface area contributed by atoms with E-state index in [1.807, 2.05) is 145 Å². The first-order valence-electron chi connectivity index (χ1n) is 22.6. The minimum Gasteiger partial charge on any atom is -0.453 e. The number of urea groups is 1. The van der Waals surface area contributed by atoms with Gasteiger partial charge in [-0.1, -0.05) is 133 Å². The molecule has 0 saturated carbocycles. The van der Waals surface area contributed by atoms with Crippen LogP contribution < -0.4 is 16.0 Å². The Labute approximate surface area is 395 Å². The van der Waals surface area contributed by atoms with Gasteiger partial charge in [-0.25, -0.2) is 9.59 Å². The number of alkyl carbamates (subject to hydrolysis) is 1. The van der Waals surface area contributed by atoms with E-state index in [1.165, 1.54) is 7.11 Å². The molecular formula is C50H68N6O10P+. The number of benzene rings is 3. The average Bonchev–Trinajstić information content (AvgIpc) is 3.62. The Kier molecular flexibility index (Phi) is 18.8. The summed E-state index contributed by atoms with van der Waals surface area (Å²) in [6, 6.07) is 28.9. The molecule has 0 spiro atoms. The minimum atomic E-state index is -4.29. The summed E-state index contributed by atoms with van der Waals surface area (Å²) in [5.41, 5.74) is 2.89. The molecule has 5 amide bonds. The molecule has 1 aliphatic rings. The van der Waals surface area contributed by atoms with Crippen molar-refractivity contribution in [1.29, 1.82) is 0 Å². The summed E-state index contributed by atoms with van der Waals surface area (Å²) in [5, 5.41) is 9.12. The van der Waals surface area contributed by atoms with Crippen LogP contribution in [-0.2, 0) is 47.5 Å². The third-order valence-electron chi connectivity index (χ3n) is 11.4. The maximum atomic E-state index is 15.0. The van der Waals surface area contributed by atoms with E-state index < -0.39 is 74.0 Å². The molecule has 0 unspecified atom stereocenters. The van der Waals surface area contributed by atoms with Crippen molar-refractivity contribution in [2.75, 3.05) is 33.6 Å². The van der Waals surface area contributed by atoms with Gasteiger partial charge in [0.05, 0.1) is 31.6 Å². The topological polar surface area (TPSA) is 201 Å². The van der Waals surface area contributed by atoms with Crippen LogP contribution in [0.5, 0.6) is 0 Å². The number of nitrogens with zero attached hydrogens (tertiary/aromatic N) is 3. The van der Waals surface area contributed by atoms with Gasteiger partial charge in [0, 0.05) is 37.4 Å². The molecule has 0 aliphatic carbocycles. The van der Waals surface area contributed by atoms with Crippen LogP contribution in [0.2, 0.25) is 0 Å². The predicted molar refractivity (Wildman–Crippen MR) is 257 cm³/mol. The Morgan fingerprint density at radius 2 is 1.37 bits per heavy atom. The van der Waals surface area contributed by atoms with Crippen molar-refractivity contribution in [3.05, 3.63) is 126 Å². The number of aromatic nitrogens is 1. The number of carbonyl (C=O) groups is 4. The number of hydrogen-bond acceptors (Lipinski definition) is 11. The molecule has 5 atom stereocenters. The number of ether oxygens (including phenoxy) is 2. The highest BCUT2D eigenvalue weighted by Gasteiger charge is 2.45. The molecule has 0 radical (unpaired) electrons. The van der Waals surface area contributed by atoms with E-state index in [2.05, 4.69) is 20.9 Å². The molecule has 17 heteroatoms. The number of nitrogens with one attached hydrogen (secondary N) is 3. The van der Waals surface area contributed by atoms with Crippen molar-refractivity contribution >= 4 is 32.1 Å². The summed E-state index contributed by atoms with van der Waals surface area (Å²) < 4.78 is 21.8. The smallest absolute Gasteiger partial charge is 0.453 e. The SMILES string of the molecule is CCO[P+](O)(O)OCO[C@@H](C[C@H](Cc1ccc(-c2ccccn2)cc1)NC(=O)[C@@H](NC(=O)OC)C(C)(C)C)[C@H](Cc1ccccc1)NC(=O)[C@@H](N1CCN(Cc2ccccc2)C1=O)C(C)(C)C. The first-order chi connectivity index (χ1) is 31.8. The predicted octanol–water partition coefficient (Wildman–Crippen LogP) is 7.07. The summed E-state index contributed by atoms with van der Waals surface area (Å²) in [6.07, 6.45) is 0.529. The van der Waals surface area contributed by atoms with Gasteiger partial charge in [0.1, 0.15) is 12.1 Å². The second-order valence-corrected chi connectivity index (χ2v) is 20.3. The third-order valence-corrected chi connectivity index (χ3v) is 12.5. The first kappa shape index (κ1) is 52.5. The van der Waals surface area contributed by atoms with Gasteiger partial charge in [-0.3, -0.25) is 14.6 Å². The lowest BCUT2D eigenvalue weighted by molar-refractivity contribution is -0.133. The molecule has 1 saturated heterocycles.